The van der Waals surface area contributed by atoms with Gasteiger partial charge in [0.05, 0.1) is 26.7 Å². The highest BCUT2D eigenvalue weighted by atomic mass is 35.5. The van der Waals surface area contributed by atoms with Gasteiger partial charge in [-0.25, -0.2) is 0 Å². The molecule has 2 amide bonds. The number of hydrogen-bond donors (Lipinski definition) is 3. The first kappa shape index (κ1) is 22.0. The van der Waals surface area contributed by atoms with E-state index in [2.05, 4.69) is 20.6 Å². The second-order valence-electron chi connectivity index (χ2n) is 7.78. The predicted molar refractivity (Wildman–Crippen MR) is 132 cm³/mol. The predicted octanol–water partition coefficient (Wildman–Crippen LogP) is 4.65. The van der Waals surface area contributed by atoms with E-state index in [1.54, 1.807) is 44.3 Å². The molecule has 0 fully saturated rings. The van der Waals surface area contributed by atoms with Gasteiger partial charge in [0.1, 0.15) is 0 Å². The lowest BCUT2D eigenvalue weighted by atomic mass is 10.1. The maximum Gasteiger partial charge on any atom is 0.286 e. The Morgan fingerprint density at radius 3 is 2.78 bits per heavy atom. The fourth-order valence-corrected chi connectivity index (χ4v) is 3.89. The molecule has 1 aliphatic heterocycles. The molecule has 1 aliphatic rings. The summed E-state index contributed by atoms with van der Waals surface area (Å²) in [4.78, 5) is 33.4. The summed E-state index contributed by atoms with van der Waals surface area (Å²) >= 11 is 7.50. The number of fused-ring (bicyclic) bond motifs is 1. The maximum atomic E-state index is 12.4. The monoisotopic (exact) mass is 465 g/mol. The molecule has 162 valence electrons. The number of nitrogens with two attached hydrogens (primary N) is 1. The number of nitrogens with one attached hydrogen (secondary N) is 2. The second-order valence-corrected chi connectivity index (χ2v) is 9.22. The Morgan fingerprint density at radius 1 is 1.19 bits per heavy atom. The van der Waals surface area contributed by atoms with Crippen molar-refractivity contribution in [3.63, 3.8) is 0 Å². The molecule has 0 atom stereocenters. The zero-order valence-corrected chi connectivity index (χ0v) is 18.9. The summed E-state index contributed by atoms with van der Waals surface area (Å²) in [7, 11) is 0. The number of hydrogen-bond acceptors (Lipinski definition) is 6. The van der Waals surface area contributed by atoms with Gasteiger partial charge in [-0.3, -0.25) is 14.6 Å². The number of aromatic nitrogens is 1. The molecule has 0 saturated heterocycles. The molecule has 9 heteroatoms. The van der Waals surface area contributed by atoms with E-state index in [-0.39, 0.29) is 11.8 Å². The lowest BCUT2D eigenvalue weighted by Gasteiger charge is -2.18. The molecule has 0 spiro atoms. The Kier molecular flexibility index (Phi) is 6.01. The molecule has 7 nitrogen and oxygen atoms in total. The van der Waals surface area contributed by atoms with Crippen LogP contribution in [0.4, 0.5) is 11.4 Å². The highest BCUT2D eigenvalue weighted by Gasteiger charge is 2.24. The molecule has 2 heterocycles. The van der Waals surface area contributed by atoms with Crippen molar-refractivity contribution >= 4 is 68.7 Å². The van der Waals surface area contributed by atoms with Crippen LogP contribution >= 0.6 is 23.4 Å². The number of amides is 2. The van der Waals surface area contributed by atoms with Gasteiger partial charge < -0.3 is 16.4 Å². The number of thioether (sulfide) groups is 1. The molecule has 4 N–H and O–H groups in total. The van der Waals surface area contributed by atoms with Crippen LogP contribution in [0.2, 0.25) is 5.02 Å². The van der Waals surface area contributed by atoms with Crippen molar-refractivity contribution in [2.45, 2.75) is 19.4 Å². The fraction of sp³-hybridized carbons (Fsp3) is 0.130. The van der Waals surface area contributed by atoms with Gasteiger partial charge in [-0.05, 0) is 73.6 Å². The van der Waals surface area contributed by atoms with Gasteiger partial charge in [-0.2, -0.15) is 4.99 Å². The van der Waals surface area contributed by atoms with Crippen LogP contribution in [0.5, 0.6) is 0 Å². The summed E-state index contributed by atoms with van der Waals surface area (Å²) < 4.78 is 0. The molecule has 0 bridgehead atoms. The normalized spacial score (nSPS) is 15.2. The first-order valence-electron chi connectivity index (χ1n) is 9.73. The van der Waals surface area contributed by atoms with E-state index in [1.165, 1.54) is 11.8 Å². The van der Waals surface area contributed by atoms with E-state index >= 15 is 0 Å². The average molecular weight is 466 g/mol. The number of aliphatic imine (C=N–C) groups is 1. The van der Waals surface area contributed by atoms with E-state index in [4.69, 9.17) is 17.3 Å². The number of rotatable bonds is 4. The molecule has 1 aromatic heterocycles. The van der Waals surface area contributed by atoms with Crippen LogP contribution < -0.4 is 16.4 Å². The number of benzene rings is 2. The standard InChI is InChI=1S/C23H20ClN5O2S/c1-23(2,25)21(31)27-15-6-7-16(24)18(12-15)28-22-29-20(30)19(32-22)11-13-5-8-17-14(10-13)4-3-9-26-17/h3-12H,25H2,1-2H3,(H,27,31)(H,28,29,30)/b19-11-. The number of anilines is 2. The lowest BCUT2D eigenvalue weighted by molar-refractivity contribution is -0.120. The highest BCUT2D eigenvalue weighted by molar-refractivity contribution is 8.18. The lowest BCUT2D eigenvalue weighted by Crippen LogP contribution is -2.45. The summed E-state index contributed by atoms with van der Waals surface area (Å²) in [5.74, 6) is -0.668. The summed E-state index contributed by atoms with van der Waals surface area (Å²) in [5.41, 5.74) is 7.61. The van der Waals surface area contributed by atoms with Crippen molar-refractivity contribution < 1.29 is 9.59 Å². The van der Waals surface area contributed by atoms with E-state index in [9.17, 15) is 9.59 Å². The number of nitrogens with zero attached hydrogens (tertiary/aromatic N) is 2. The van der Waals surface area contributed by atoms with Crippen molar-refractivity contribution in [2.75, 3.05) is 10.6 Å². The van der Waals surface area contributed by atoms with Crippen LogP contribution in [0, 0.1) is 0 Å². The van der Waals surface area contributed by atoms with Crippen molar-refractivity contribution in [1.29, 1.82) is 0 Å². The molecule has 0 aliphatic carbocycles. The number of pyridine rings is 1. The third-order valence-electron chi connectivity index (χ3n) is 4.60. The Balaban J connectivity index is 1.50. The fourth-order valence-electron chi connectivity index (χ4n) is 2.90. The van der Waals surface area contributed by atoms with Crippen molar-refractivity contribution in [3.8, 4) is 0 Å². The molecular weight excluding hydrogens is 446 g/mol. The molecule has 0 unspecified atom stereocenters. The van der Waals surface area contributed by atoms with Gasteiger partial charge in [0, 0.05) is 17.3 Å². The van der Waals surface area contributed by atoms with E-state index < -0.39 is 5.54 Å². The minimum absolute atomic E-state index is 0.329. The zero-order valence-electron chi connectivity index (χ0n) is 17.3. The average Bonchev–Trinajstić information content (AvgIpc) is 3.08. The minimum Gasteiger partial charge on any atom is -0.333 e. The van der Waals surface area contributed by atoms with Crippen LogP contribution in [-0.4, -0.2) is 27.5 Å². The van der Waals surface area contributed by atoms with Gasteiger partial charge in [0.2, 0.25) is 5.91 Å². The summed E-state index contributed by atoms with van der Waals surface area (Å²) in [5, 5.41) is 7.62. The van der Waals surface area contributed by atoms with Gasteiger partial charge in [-0.1, -0.05) is 23.7 Å². The summed E-state index contributed by atoms with van der Waals surface area (Å²) in [6, 6.07) is 14.6. The van der Waals surface area contributed by atoms with E-state index in [0.717, 1.165) is 16.5 Å². The number of carbonyl (C=O) groups excluding carboxylic acids is 2. The van der Waals surface area contributed by atoms with Crippen LogP contribution in [0.25, 0.3) is 17.0 Å². The van der Waals surface area contributed by atoms with Gasteiger partial charge in [0.25, 0.3) is 5.91 Å². The third kappa shape index (κ3) is 4.99. The Labute approximate surface area is 194 Å². The van der Waals surface area contributed by atoms with Crippen molar-refractivity contribution in [2.24, 2.45) is 10.7 Å². The number of amidine groups is 1. The quantitative estimate of drug-likeness (QED) is 0.484. The zero-order chi connectivity index (χ0) is 22.9. The smallest absolute Gasteiger partial charge is 0.286 e. The van der Waals surface area contributed by atoms with Crippen molar-refractivity contribution in [3.05, 3.63) is 70.2 Å². The van der Waals surface area contributed by atoms with Crippen LogP contribution in [-0.2, 0) is 9.59 Å². The SMILES string of the molecule is CC(C)(N)C(=O)Nc1ccc(Cl)c(NC2=NC(=O)/C(=C/c3ccc4ncccc4c3)S2)c1. The molecule has 32 heavy (non-hydrogen) atoms. The third-order valence-corrected chi connectivity index (χ3v) is 5.83. The minimum atomic E-state index is -1.02. The Bertz CT molecular complexity index is 1300. The summed E-state index contributed by atoms with van der Waals surface area (Å²) in [6.07, 6.45) is 3.53. The number of halogens is 1. The van der Waals surface area contributed by atoms with Gasteiger partial charge in [0.15, 0.2) is 5.17 Å². The van der Waals surface area contributed by atoms with Crippen molar-refractivity contribution in [1.82, 2.24) is 4.98 Å². The van der Waals surface area contributed by atoms with Crippen LogP contribution in [0.1, 0.15) is 19.4 Å². The first-order chi connectivity index (χ1) is 15.2. The van der Waals surface area contributed by atoms with E-state index in [1.807, 2.05) is 30.3 Å². The molecule has 2 aromatic carbocycles. The highest BCUT2D eigenvalue weighted by Crippen LogP contribution is 2.32. The maximum absolute atomic E-state index is 12.4. The first-order valence-corrected chi connectivity index (χ1v) is 10.9. The number of carbonyl (C=O) groups is 2. The molecular formula is C23H20ClN5O2S. The Morgan fingerprint density at radius 2 is 2.00 bits per heavy atom. The molecule has 0 saturated carbocycles. The molecule has 3 aromatic rings. The molecule has 4 rings (SSSR count). The second kappa shape index (κ2) is 8.74. The van der Waals surface area contributed by atoms with Gasteiger partial charge in [-0.15, -0.1) is 0 Å². The van der Waals surface area contributed by atoms with Crippen LogP contribution in [0.3, 0.4) is 0 Å². The van der Waals surface area contributed by atoms with Gasteiger partial charge >= 0.3 is 0 Å². The van der Waals surface area contributed by atoms with Crippen LogP contribution in [0.15, 0.2) is 64.6 Å². The van der Waals surface area contributed by atoms with E-state index in [0.29, 0.717) is 26.5 Å². The topological polar surface area (TPSA) is 109 Å². The largest absolute Gasteiger partial charge is 0.333 e. The summed E-state index contributed by atoms with van der Waals surface area (Å²) in [6.45, 7) is 3.24. The Hall–Kier alpha value is -3.20. The molecule has 0 radical (unpaired) electrons.